The third kappa shape index (κ3) is 5.59. The zero-order valence-corrected chi connectivity index (χ0v) is 23.3. The summed E-state index contributed by atoms with van der Waals surface area (Å²) < 4.78 is 34.3. The van der Waals surface area contributed by atoms with Gasteiger partial charge in [0.15, 0.2) is 0 Å². The monoisotopic (exact) mass is 530 g/mol. The van der Waals surface area contributed by atoms with Gasteiger partial charge in [-0.05, 0) is 52.4 Å². The first kappa shape index (κ1) is 27.4. The molecule has 0 aliphatic carbocycles. The number of rotatable bonds is 9. The van der Waals surface area contributed by atoms with Crippen molar-refractivity contribution in [2.45, 2.75) is 38.0 Å². The van der Waals surface area contributed by atoms with Crippen LogP contribution in [0.3, 0.4) is 0 Å². The lowest BCUT2D eigenvalue weighted by Crippen LogP contribution is -2.15. The molecule has 3 aromatic carbocycles. The van der Waals surface area contributed by atoms with Crippen molar-refractivity contribution >= 4 is 32.4 Å². The molecule has 1 aromatic heterocycles. The van der Waals surface area contributed by atoms with E-state index in [1.54, 1.807) is 37.4 Å². The second-order valence-electron chi connectivity index (χ2n) is 10.6. The van der Waals surface area contributed by atoms with E-state index >= 15 is 0 Å². The number of aromatic nitrogens is 1. The van der Waals surface area contributed by atoms with Gasteiger partial charge >= 0.3 is 0 Å². The summed E-state index contributed by atoms with van der Waals surface area (Å²) in [7, 11) is -2.23. The van der Waals surface area contributed by atoms with Gasteiger partial charge in [-0.15, -0.1) is 0 Å². The summed E-state index contributed by atoms with van der Waals surface area (Å²) in [4.78, 5) is 17.0. The molecule has 38 heavy (non-hydrogen) atoms. The minimum absolute atomic E-state index is 0.0787. The number of fused-ring (bicyclic) bond motifs is 1. The Hall–Kier alpha value is -3.68. The van der Waals surface area contributed by atoms with Crippen LogP contribution in [-0.2, 0) is 20.2 Å². The maximum absolute atomic E-state index is 13.5. The molecule has 1 atom stereocenters. The number of hydrogen-bond donors (Lipinski definition) is 2. The van der Waals surface area contributed by atoms with E-state index in [2.05, 4.69) is 37.1 Å². The molecule has 7 heteroatoms. The molecule has 2 N–H and O–H groups in total. The van der Waals surface area contributed by atoms with E-state index in [1.165, 1.54) is 0 Å². The van der Waals surface area contributed by atoms with Crippen LogP contribution in [0.5, 0.6) is 0 Å². The molecule has 0 saturated heterocycles. The van der Waals surface area contributed by atoms with Crippen LogP contribution in [0, 0.1) is 5.92 Å². The molecular weight excluding hydrogens is 496 g/mol. The highest BCUT2D eigenvalue weighted by molar-refractivity contribution is 7.92. The number of carbonyl (C=O) groups excluding carboxylic acids is 1. The summed E-state index contributed by atoms with van der Waals surface area (Å²) in [6, 6.07) is 21.7. The average Bonchev–Trinajstić information content (AvgIpc) is 3.26. The molecule has 1 heterocycles. The van der Waals surface area contributed by atoms with E-state index < -0.39 is 10.0 Å². The summed E-state index contributed by atoms with van der Waals surface area (Å²) in [6.07, 6.45) is 0. The van der Waals surface area contributed by atoms with Crippen molar-refractivity contribution < 1.29 is 17.9 Å². The van der Waals surface area contributed by atoms with Crippen molar-refractivity contribution in [2.75, 3.05) is 18.4 Å². The molecule has 0 fully saturated rings. The quantitative estimate of drug-likeness (QED) is 0.181. The van der Waals surface area contributed by atoms with Gasteiger partial charge in [-0.25, -0.2) is 8.42 Å². The van der Waals surface area contributed by atoms with E-state index in [4.69, 9.17) is 4.74 Å². The van der Waals surface area contributed by atoms with Gasteiger partial charge in [0.05, 0.1) is 17.2 Å². The van der Waals surface area contributed by atoms with E-state index in [1.807, 2.05) is 49.4 Å². The van der Waals surface area contributed by atoms with Crippen LogP contribution in [0.15, 0.2) is 89.8 Å². The number of Topliss-reactive ketones (excluding diaryl/α,β-unsaturated/α-hetero) is 1. The van der Waals surface area contributed by atoms with E-state index in [0.29, 0.717) is 29.1 Å². The summed E-state index contributed by atoms with van der Waals surface area (Å²) in [5.41, 5.74) is 4.49. The van der Waals surface area contributed by atoms with Crippen LogP contribution in [0.2, 0.25) is 0 Å². The summed E-state index contributed by atoms with van der Waals surface area (Å²) in [5.74, 6) is -0.361. The lowest BCUT2D eigenvalue weighted by Gasteiger charge is -2.19. The number of hydrogen-bond acceptors (Lipinski definition) is 4. The van der Waals surface area contributed by atoms with Gasteiger partial charge in [-0.3, -0.25) is 9.52 Å². The topological polar surface area (TPSA) is 88.3 Å². The fraction of sp³-hybridized carbons (Fsp3) is 0.258. The lowest BCUT2D eigenvalue weighted by molar-refractivity contribution is 0.0997. The zero-order valence-electron chi connectivity index (χ0n) is 22.5. The Morgan fingerprint density at radius 3 is 2.29 bits per heavy atom. The Morgan fingerprint density at radius 2 is 1.68 bits per heavy atom. The number of aromatic amines is 1. The minimum Gasteiger partial charge on any atom is -0.384 e. The fourth-order valence-corrected chi connectivity index (χ4v) is 5.46. The number of methoxy groups -OCH3 is 1. The van der Waals surface area contributed by atoms with Gasteiger partial charge in [0.2, 0.25) is 5.78 Å². The fourth-order valence-electron chi connectivity index (χ4n) is 4.41. The molecule has 0 amide bonds. The SMILES string of the molecule is C=C(C(=O)c1[nH]c2ccc(NS(=O)(=O)c3ccc(C(C)(C)C)cc3)cc2c1-c1ccccc1)C(C)COC. The molecule has 0 aliphatic heterocycles. The maximum Gasteiger partial charge on any atom is 0.261 e. The Labute approximate surface area is 224 Å². The molecule has 4 aromatic rings. The standard InChI is InChI=1S/C31H34N2O4S/c1-20(19-37-6)21(2)30(34)29-28(22-10-8-7-9-11-22)26-18-24(14-17-27(26)32-29)33-38(35,36)25-15-12-23(13-16-25)31(3,4)5/h7-18,20,32-33H,2,19H2,1,3-6H3. The summed E-state index contributed by atoms with van der Waals surface area (Å²) >= 11 is 0. The van der Waals surface area contributed by atoms with Gasteiger partial charge < -0.3 is 9.72 Å². The number of benzene rings is 3. The highest BCUT2D eigenvalue weighted by Crippen LogP contribution is 2.36. The summed E-state index contributed by atoms with van der Waals surface area (Å²) in [6.45, 7) is 12.6. The van der Waals surface area contributed by atoms with Crippen LogP contribution >= 0.6 is 0 Å². The van der Waals surface area contributed by atoms with Crippen molar-refractivity contribution in [1.29, 1.82) is 0 Å². The first-order chi connectivity index (χ1) is 17.9. The molecule has 4 rings (SSSR count). The van der Waals surface area contributed by atoms with Gasteiger partial charge in [0, 0.05) is 35.2 Å². The van der Waals surface area contributed by atoms with Crippen LogP contribution in [0.1, 0.15) is 43.7 Å². The van der Waals surface area contributed by atoms with Gasteiger partial charge in [-0.1, -0.05) is 76.7 Å². The van der Waals surface area contributed by atoms with Gasteiger partial charge in [0.25, 0.3) is 10.0 Å². The highest BCUT2D eigenvalue weighted by atomic mass is 32.2. The number of carbonyl (C=O) groups is 1. The molecule has 0 bridgehead atoms. The molecule has 0 spiro atoms. The second kappa shape index (κ2) is 10.6. The van der Waals surface area contributed by atoms with Crippen LogP contribution in [0.4, 0.5) is 5.69 Å². The third-order valence-corrected chi connectivity index (χ3v) is 8.07. The van der Waals surface area contributed by atoms with Gasteiger partial charge in [0.1, 0.15) is 0 Å². The maximum atomic E-state index is 13.5. The molecule has 6 nitrogen and oxygen atoms in total. The molecule has 0 saturated carbocycles. The summed E-state index contributed by atoms with van der Waals surface area (Å²) in [5, 5.41) is 0.732. The highest BCUT2D eigenvalue weighted by Gasteiger charge is 2.25. The van der Waals surface area contributed by atoms with Crippen molar-refractivity contribution in [1.82, 2.24) is 4.98 Å². The largest absolute Gasteiger partial charge is 0.384 e. The molecule has 198 valence electrons. The third-order valence-electron chi connectivity index (χ3n) is 6.67. The second-order valence-corrected chi connectivity index (χ2v) is 12.3. The van der Waals surface area contributed by atoms with E-state index in [9.17, 15) is 13.2 Å². The minimum atomic E-state index is -3.82. The van der Waals surface area contributed by atoms with Crippen molar-refractivity contribution in [2.24, 2.45) is 5.92 Å². The normalized spacial score (nSPS) is 12.9. The number of anilines is 1. The Bertz CT molecular complexity index is 1580. The molecule has 0 radical (unpaired) electrons. The first-order valence-electron chi connectivity index (χ1n) is 12.5. The first-order valence-corrected chi connectivity index (χ1v) is 14.0. The van der Waals surface area contributed by atoms with Crippen LogP contribution < -0.4 is 4.72 Å². The molecule has 1 unspecified atom stereocenters. The van der Waals surface area contributed by atoms with Crippen molar-refractivity contribution in [3.8, 4) is 11.1 Å². The van der Waals surface area contributed by atoms with Crippen molar-refractivity contribution in [3.63, 3.8) is 0 Å². The van der Waals surface area contributed by atoms with Crippen molar-refractivity contribution in [3.05, 3.63) is 96.2 Å². The number of sulfonamides is 1. The molecular formula is C31H34N2O4S. The number of H-pyrrole nitrogens is 1. The van der Waals surface area contributed by atoms with Crippen LogP contribution in [-0.4, -0.2) is 32.9 Å². The Morgan fingerprint density at radius 1 is 1.03 bits per heavy atom. The number of nitrogens with one attached hydrogen (secondary N) is 2. The van der Waals surface area contributed by atoms with Gasteiger partial charge in [-0.2, -0.15) is 0 Å². The van der Waals surface area contributed by atoms with E-state index in [-0.39, 0.29) is 22.0 Å². The number of ketones is 1. The predicted octanol–water partition coefficient (Wildman–Crippen LogP) is 6.95. The van der Waals surface area contributed by atoms with Crippen LogP contribution in [0.25, 0.3) is 22.0 Å². The average molecular weight is 531 g/mol. The Kier molecular flexibility index (Phi) is 7.63. The predicted molar refractivity (Wildman–Crippen MR) is 154 cm³/mol. The Balaban J connectivity index is 1.76. The smallest absolute Gasteiger partial charge is 0.261 e. The van der Waals surface area contributed by atoms with E-state index in [0.717, 1.165) is 22.0 Å². The lowest BCUT2D eigenvalue weighted by atomic mass is 9.87. The molecule has 0 aliphatic rings. The zero-order chi connectivity index (χ0) is 27.7. The number of ether oxygens (including phenoxy) is 1.